The van der Waals surface area contributed by atoms with Gasteiger partial charge in [0.05, 0.1) is 0 Å². The van der Waals surface area contributed by atoms with Crippen molar-refractivity contribution in [2.45, 2.75) is 31.9 Å². The second-order valence-corrected chi connectivity index (χ2v) is 5.64. The molecule has 20 heavy (non-hydrogen) atoms. The van der Waals surface area contributed by atoms with Gasteiger partial charge in [0, 0.05) is 48.3 Å². The Morgan fingerprint density at radius 2 is 2.25 bits per heavy atom. The molecule has 4 rings (SSSR count). The van der Waals surface area contributed by atoms with Crippen molar-refractivity contribution in [3.05, 3.63) is 35.5 Å². The van der Waals surface area contributed by atoms with Crippen LogP contribution in [0, 0.1) is 0 Å². The third kappa shape index (κ3) is 1.83. The number of hydrogen-bond acceptors (Lipinski definition) is 2. The maximum atomic E-state index is 12.5. The molecule has 3 heterocycles. The Morgan fingerprint density at radius 1 is 1.35 bits per heavy atom. The molecule has 2 aliphatic heterocycles. The van der Waals surface area contributed by atoms with E-state index in [1.54, 1.807) is 0 Å². The summed E-state index contributed by atoms with van der Waals surface area (Å²) in [4.78, 5) is 17.9. The fourth-order valence-corrected chi connectivity index (χ4v) is 3.33. The quantitative estimate of drug-likeness (QED) is 0.863. The second-order valence-electron chi connectivity index (χ2n) is 5.64. The number of H-pyrrole nitrogens is 1. The lowest BCUT2D eigenvalue weighted by atomic mass is 10.0. The number of carbonyl (C=O) groups excluding carboxylic acids is 1. The molecule has 0 radical (unpaired) electrons. The fourth-order valence-electron chi connectivity index (χ4n) is 3.33. The minimum atomic E-state index is -0.207. The largest absolute Gasteiger partial charge is 0.368 e. The molecule has 1 aromatic heterocycles. The highest BCUT2D eigenvalue weighted by atomic mass is 16.5. The predicted octanol–water partition coefficient (Wildman–Crippen LogP) is 2.23. The number of nitrogens with one attached hydrogen (secondary N) is 1. The van der Waals surface area contributed by atoms with Crippen LogP contribution in [0.15, 0.2) is 24.3 Å². The minimum Gasteiger partial charge on any atom is -0.368 e. The molecule has 1 amide bonds. The highest BCUT2D eigenvalue weighted by Gasteiger charge is 2.31. The third-order valence-electron chi connectivity index (χ3n) is 4.40. The molecule has 4 nitrogen and oxygen atoms in total. The third-order valence-corrected chi connectivity index (χ3v) is 4.40. The summed E-state index contributed by atoms with van der Waals surface area (Å²) in [6.07, 6.45) is 2.57. The summed E-state index contributed by atoms with van der Waals surface area (Å²) in [5.74, 6) is 0.165. The van der Waals surface area contributed by atoms with Crippen LogP contribution in [-0.2, 0) is 22.5 Å². The van der Waals surface area contributed by atoms with Crippen LogP contribution in [0.3, 0.4) is 0 Å². The Bertz CT molecular complexity index is 656. The molecular formula is C16H18N2O2. The molecule has 2 aliphatic rings. The van der Waals surface area contributed by atoms with Gasteiger partial charge < -0.3 is 14.6 Å². The van der Waals surface area contributed by atoms with Gasteiger partial charge in [0.15, 0.2) is 0 Å². The topological polar surface area (TPSA) is 45.3 Å². The average Bonchev–Trinajstić information content (AvgIpc) is 3.13. The molecule has 4 heteroatoms. The van der Waals surface area contributed by atoms with Gasteiger partial charge >= 0.3 is 0 Å². The number of hydrogen-bond donors (Lipinski definition) is 1. The van der Waals surface area contributed by atoms with Crippen molar-refractivity contribution >= 4 is 16.8 Å². The number of aromatic nitrogens is 1. The second kappa shape index (κ2) is 4.63. The molecule has 0 saturated carbocycles. The van der Waals surface area contributed by atoms with Gasteiger partial charge in [-0.1, -0.05) is 18.2 Å². The normalized spacial score (nSPS) is 22.2. The SMILES string of the molecule is O=C([C@@H]1CCCO1)N1CCc2[nH]c3ccccc3c2C1. The van der Waals surface area contributed by atoms with Gasteiger partial charge in [0.1, 0.15) is 6.10 Å². The van der Waals surface area contributed by atoms with Gasteiger partial charge in [-0.3, -0.25) is 4.79 Å². The zero-order chi connectivity index (χ0) is 13.5. The van der Waals surface area contributed by atoms with Gasteiger partial charge in [-0.25, -0.2) is 0 Å². The van der Waals surface area contributed by atoms with Crippen LogP contribution in [0.5, 0.6) is 0 Å². The van der Waals surface area contributed by atoms with Crippen molar-refractivity contribution in [2.75, 3.05) is 13.2 Å². The van der Waals surface area contributed by atoms with Crippen molar-refractivity contribution < 1.29 is 9.53 Å². The van der Waals surface area contributed by atoms with Gasteiger partial charge in [-0.2, -0.15) is 0 Å². The lowest BCUT2D eigenvalue weighted by Crippen LogP contribution is -2.41. The molecule has 0 spiro atoms. The van der Waals surface area contributed by atoms with E-state index >= 15 is 0 Å². The van der Waals surface area contributed by atoms with E-state index in [0.717, 1.165) is 32.4 Å². The monoisotopic (exact) mass is 270 g/mol. The number of nitrogens with zero attached hydrogens (tertiary/aromatic N) is 1. The predicted molar refractivity (Wildman–Crippen MR) is 76.4 cm³/mol. The van der Waals surface area contributed by atoms with E-state index in [-0.39, 0.29) is 12.0 Å². The van der Waals surface area contributed by atoms with Crippen molar-refractivity contribution in [2.24, 2.45) is 0 Å². The van der Waals surface area contributed by atoms with E-state index < -0.39 is 0 Å². The standard InChI is InChI=1S/C16H18N2O2/c19-16(15-6-3-9-20-15)18-8-7-14-12(10-18)11-4-1-2-5-13(11)17-14/h1-2,4-5,15,17H,3,6-10H2/t15-/m0/s1. The van der Waals surface area contributed by atoms with Gasteiger partial charge in [0.25, 0.3) is 5.91 Å². The number of ether oxygens (including phenoxy) is 1. The smallest absolute Gasteiger partial charge is 0.252 e. The molecule has 1 atom stereocenters. The number of benzene rings is 1. The van der Waals surface area contributed by atoms with Crippen LogP contribution in [0.4, 0.5) is 0 Å². The van der Waals surface area contributed by atoms with Crippen LogP contribution in [0.25, 0.3) is 10.9 Å². The van der Waals surface area contributed by atoms with Crippen LogP contribution in [0.2, 0.25) is 0 Å². The molecule has 104 valence electrons. The number of para-hydroxylation sites is 1. The van der Waals surface area contributed by atoms with E-state index in [2.05, 4.69) is 23.2 Å². The summed E-state index contributed by atoms with van der Waals surface area (Å²) in [6.45, 7) is 2.22. The number of aromatic amines is 1. The minimum absolute atomic E-state index is 0.165. The van der Waals surface area contributed by atoms with Gasteiger partial charge in [0.2, 0.25) is 0 Å². The molecule has 1 N–H and O–H groups in total. The Hall–Kier alpha value is -1.81. The zero-order valence-corrected chi connectivity index (χ0v) is 11.4. The van der Waals surface area contributed by atoms with Crippen molar-refractivity contribution in [1.82, 2.24) is 9.88 Å². The summed E-state index contributed by atoms with van der Waals surface area (Å²) < 4.78 is 5.53. The summed E-state index contributed by atoms with van der Waals surface area (Å²) >= 11 is 0. The first-order valence-electron chi connectivity index (χ1n) is 7.32. The Morgan fingerprint density at radius 3 is 3.10 bits per heavy atom. The van der Waals surface area contributed by atoms with Crippen LogP contribution >= 0.6 is 0 Å². The van der Waals surface area contributed by atoms with E-state index in [9.17, 15) is 4.79 Å². The molecule has 0 aliphatic carbocycles. The summed E-state index contributed by atoms with van der Waals surface area (Å²) in [5.41, 5.74) is 3.73. The maximum absolute atomic E-state index is 12.5. The Labute approximate surface area is 117 Å². The Kier molecular flexibility index (Phi) is 2.77. The van der Waals surface area contributed by atoms with E-state index in [0.29, 0.717) is 6.54 Å². The molecule has 1 saturated heterocycles. The molecule has 0 unspecified atom stereocenters. The highest BCUT2D eigenvalue weighted by molar-refractivity contribution is 5.87. The fraction of sp³-hybridized carbons (Fsp3) is 0.438. The number of fused-ring (bicyclic) bond motifs is 3. The lowest BCUT2D eigenvalue weighted by molar-refractivity contribution is -0.141. The summed E-state index contributed by atoms with van der Waals surface area (Å²) in [7, 11) is 0. The number of rotatable bonds is 1. The van der Waals surface area contributed by atoms with Gasteiger partial charge in [-0.05, 0) is 18.9 Å². The zero-order valence-electron chi connectivity index (χ0n) is 11.4. The molecular weight excluding hydrogens is 252 g/mol. The van der Waals surface area contributed by atoms with Gasteiger partial charge in [-0.15, -0.1) is 0 Å². The number of carbonyl (C=O) groups is 1. The molecule has 0 bridgehead atoms. The molecule has 1 fully saturated rings. The number of amides is 1. The molecule has 1 aromatic carbocycles. The first-order valence-corrected chi connectivity index (χ1v) is 7.32. The summed E-state index contributed by atoms with van der Waals surface area (Å²) in [6, 6.07) is 8.32. The average molecular weight is 270 g/mol. The first kappa shape index (κ1) is 12.0. The van der Waals surface area contributed by atoms with Crippen LogP contribution in [-0.4, -0.2) is 35.0 Å². The highest BCUT2D eigenvalue weighted by Crippen LogP contribution is 2.28. The first-order chi connectivity index (χ1) is 9.83. The van der Waals surface area contributed by atoms with E-state index in [4.69, 9.17) is 4.74 Å². The lowest BCUT2D eigenvalue weighted by Gasteiger charge is -2.29. The Balaban J connectivity index is 1.63. The van der Waals surface area contributed by atoms with E-state index in [1.165, 1.54) is 22.2 Å². The van der Waals surface area contributed by atoms with Crippen molar-refractivity contribution in [1.29, 1.82) is 0 Å². The van der Waals surface area contributed by atoms with E-state index in [1.807, 2.05) is 11.0 Å². The van der Waals surface area contributed by atoms with Crippen molar-refractivity contribution in [3.8, 4) is 0 Å². The van der Waals surface area contributed by atoms with Crippen LogP contribution in [0.1, 0.15) is 24.1 Å². The maximum Gasteiger partial charge on any atom is 0.252 e. The molecule has 2 aromatic rings. The van der Waals surface area contributed by atoms with Crippen molar-refractivity contribution in [3.63, 3.8) is 0 Å². The summed E-state index contributed by atoms with van der Waals surface area (Å²) in [5, 5.41) is 1.24. The van der Waals surface area contributed by atoms with Crippen LogP contribution < -0.4 is 0 Å².